The van der Waals surface area contributed by atoms with Gasteiger partial charge in [0.2, 0.25) is 0 Å². The van der Waals surface area contributed by atoms with Crippen LogP contribution in [0, 0.1) is 0 Å². The molecule has 0 amide bonds. The van der Waals surface area contributed by atoms with Crippen LogP contribution in [0.25, 0.3) is 0 Å². The average Bonchev–Trinajstić information content (AvgIpc) is 2.84. The second-order valence-electron chi connectivity index (χ2n) is 5.08. The van der Waals surface area contributed by atoms with Crippen molar-refractivity contribution in [3.05, 3.63) is 52.5 Å². The predicted octanol–water partition coefficient (Wildman–Crippen LogP) is 3.34. The first-order valence-electron chi connectivity index (χ1n) is 7.13. The molecule has 20 heavy (non-hydrogen) atoms. The number of rotatable bonds is 7. The number of nitrogens with one attached hydrogen (secondary N) is 1. The lowest BCUT2D eigenvalue weighted by atomic mass is 10.0. The molecule has 0 spiro atoms. The van der Waals surface area contributed by atoms with Crippen molar-refractivity contribution in [1.29, 1.82) is 0 Å². The second kappa shape index (κ2) is 7.60. The fourth-order valence-corrected chi connectivity index (χ4v) is 2.68. The zero-order valence-corrected chi connectivity index (χ0v) is 13.7. The highest BCUT2D eigenvalue weighted by atomic mass is 79.9. The van der Waals surface area contributed by atoms with Crippen LogP contribution in [0.4, 0.5) is 0 Å². The summed E-state index contributed by atoms with van der Waals surface area (Å²) >= 11 is 3.48. The maximum atomic E-state index is 4.40. The fraction of sp³-hybridized carbons (Fsp3) is 0.438. The molecule has 3 nitrogen and oxygen atoms in total. The molecule has 1 aromatic heterocycles. The Morgan fingerprint density at radius 2 is 2.05 bits per heavy atom. The zero-order valence-electron chi connectivity index (χ0n) is 12.1. The molecule has 0 saturated carbocycles. The lowest BCUT2D eigenvalue weighted by Crippen LogP contribution is -2.31. The van der Waals surface area contributed by atoms with Crippen LogP contribution in [0.3, 0.4) is 0 Å². The molecule has 1 aromatic carbocycles. The van der Waals surface area contributed by atoms with Gasteiger partial charge in [-0.15, -0.1) is 0 Å². The van der Waals surface area contributed by atoms with Crippen molar-refractivity contribution in [2.45, 2.75) is 32.2 Å². The molecule has 0 bridgehead atoms. The van der Waals surface area contributed by atoms with E-state index in [9.17, 15) is 0 Å². The van der Waals surface area contributed by atoms with Crippen molar-refractivity contribution in [1.82, 2.24) is 14.9 Å². The Morgan fingerprint density at radius 3 is 2.65 bits per heavy atom. The maximum absolute atomic E-state index is 4.40. The molecule has 0 aliphatic rings. The van der Waals surface area contributed by atoms with E-state index in [0.717, 1.165) is 36.1 Å². The van der Waals surface area contributed by atoms with Gasteiger partial charge in [0.1, 0.15) is 5.82 Å². The van der Waals surface area contributed by atoms with Crippen LogP contribution in [-0.2, 0) is 19.9 Å². The normalized spacial score (nSPS) is 12.6. The van der Waals surface area contributed by atoms with Gasteiger partial charge in [-0.25, -0.2) is 4.98 Å². The molecule has 1 N–H and O–H groups in total. The lowest BCUT2D eigenvalue weighted by Gasteiger charge is -2.18. The first-order chi connectivity index (χ1) is 9.69. The van der Waals surface area contributed by atoms with E-state index in [4.69, 9.17) is 0 Å². The summed E-state index contributed by atoms with van der Waals surface area (Å²) in [5.41, 5.74) is 1.37. The van der Waals surface area contributed by atoms with E-state index in [-0.39, 0.29) is 0 Å². The van der Waals surface area contributed by atoms with Gasteiger partial charge in [0.25, 0.3) is 0 Å². The van der Waals surface area contributed by atoms with Gasteiger partial charge in [0.05, 0.1) is 0 Å². The number of benzene rings is 1. The van der Waals surface area contributed by atoms with Crippen molar-refractivity contribution in [3.8, 4) is 0 Å². The quantitative estimate of drug-likeness (QED) is 0.840. The summed E-state index contributed by atoms with van der Waals surface area (Å²) in [6, 6.07) is 9.09. The summed E-state index contributed by atoms with van der Waals surface area (Å²) in [5, 5.41) is 3.58. The van der Waals surface area contributed by atoms with Gasteiger partial charge in [-0.05, 0) is 37.1 Å². The number of halogens is 1. The van der Waals surface area contributed by atoms with Crippen molar-refractivity contribution in [3.63, 3.8) is 0 Å². The van der Waals surface area contributed by atoms with Gasteiger partial charge in [-0.2, -0.15) is 0 Å². The smallest absolute Gasteiger partial charge is 0.108 e. The Labute approximate surface area is 129 Å². The zero-order chi connectivity index (χ0) is 14.4. The van der Waals surface area contributed by atoms with Crippen LogP contribution in [0.2, 0.25) is 0 Å². The number of hydrogen-bond donors (Lipinski definition) is 1. The van der Waals surface area contributed by atoms with Gasteiger partial charge in [0, 0.05) is 36.4 Å². The highest BCUT2D eigenvalue weighted by Crippen LogP contribution is 2.13. The van der Waals surface area contributed by atoms with Crippen LogP contribution < -0.4 is 5.32 Å². The Bertz CT molecular complexity index is 519. The molecular formula is C16H22BrN3. The van der Waals surface area contributed by atoms with Crippen molar-refractivity contribution >= 4 is 15.9 Å². The van der Waals surface area contributed by atoms with Crippen molar-refractivity contribution in [2.75, 3.05) is 6.54 Å². The first-order valence-corrected chi connectivity index (χ1v) is 7.92. The minimum atomic E-state index is 0.498. The molecule has 2 rings (SSSR count). The number of likely N-dealkylation sites (N-methyl/N-ethyl adjacent to an activating group) is 1. The van der Waals surface area contributed by atoms with Gasteiger partial charge < -0.3 is 9.88 Å². The Morgan fingerprint density at radius 1 is 1.30 bits per heavy atom. The highest BCUT2D eigenvalue weighted by Gasteiger charge is 2.10. The van der Waals surface area contributed by atoms with Gasteiger partial charge in [0.15, 0.2) is 0 Å². The van der Waals surface area contributed by atoms with Crippen LogP contribution in [0.15, 0.2) is 41.1 Å². The molecule has 0 fully saturated rings. The largest absolute Gasteiger partial charge is 0.338 e. The molecule has 0 radical (unpaired) electrons. The molecule has 0 aliphatic carbocycles. The van der Waals surface area contributed by atoms with E-state index < -0.39 is 0 Å². The van der Waals surface area contributed by atoms with E-state index in [1.807, 2.05) is 12.4 Å². The number of hydrogen-bond acceptors (Lipinski definition) is 2. The van der Waals surface area contributed by atoms with Crippen LogP contribution in [-0.4, -0.2) is 22.1 Å². The molecule has 0 saturated heterocycles. The minimum Gasteiger partial charge on any atom is -0.338 e. The maximum Gasteiger partial charge on any atom is 0.108 e. The molecule has 0 aliphatic heterocycles. The third-order valence-electron chi connectivity index (χ3n) is 3.53. The first kappa shape index (κ1) is 15.3. The van der Waals surface area contributed by atoms with E-state index in [2.05, 4.69) is 69.0 Å². The third-order valence-corrected chi connectivity index (χ3v) is 4.05. The van der Waals surface area contributed by atoms with Gasteiger partial charge in [-0.1, -0.05) is 35.0 Å². The minimum absolute atomic E-state index is 0.498. The predicted molar refractivity (Wildman–Crippen MR) is 86.8 cm³/mol. The summed E-state index contributed by atoms with van der Waals surface area (Å²) in [6.07, 6.45) is 7.05. The SMILES string of the molecule is CCNC(CCc1nccn1C)Cc1ccc(Br)cc1. The van der Waals surface area contributed by atoms with Crippen LogP contribution in [0.1, 0.15) is 24.7 Å². The van der Waals surface area contributed by atoms with E-state index in [1.165, 1.54) is 5.56 Å². The Hall–Kier alpha value is -1.13. The third kappa shape index (κ3) is 4.46. The average molecular weight is 336 g/mol. The molecule has 4 heteroatoms. The number of nitrogens with zero attached hydrogens (tertiary/aromatic N) is 2. The molecule has 108 valence electrons. The monoisotopic (exact) mass is 335 g/mol. The molecule has 1 unspecified atom stereocenters. The van der Waals surface area contributed by atoms with Crippen molar-refractivity contribution < 1.29 is 0 Å². The van der Waals surface area contributed by atoms with Gasteiger partial charge >= 0.3 is 0 Å². The number of aryl methyl sites for hydroxylation is 2. The Balaban J connectivity index is 1.93. The fourth-order valence-electron chi connectivity index (χ4n) is 2.41. The number of aromatic nitrogens is 2. The number of imidazole rings is 1. The molecule has 1 heterocycles. The second-order valence-corrected chi connectivity index (χ2v) is 5.99. The lowest BCUT2D eigenvalue weighted by molar-refractivity contribution is 0.483. The van der Waals surface area contributed by atoms with Gasteiger partial charge in [-0.3, -0.25) is 0 Å². The summed E-state index contributed by atoms with van der Waals surface area (Å²) in [7, 11) is 2.05. The summed E-state index contributed by atoms with van der Waals surface area (Å²) < 4.78 is 3.23. The summed E-state index contributed by atoms with van der Waals surface area (Å²) in [5.74, 6) is 1.16. The van der Waals surface area contributed by atoms with Crippen LogP contribution in [0.5, 0.6) is 0 Å². The summed E-state index contributed by atoms with van der Waals surface area (Å²) in [4.78, 5) is 4.40. The highest BCUT2D eigenvalue weighted by molar-refractivity contribution is 9.10. The van der Waals surface area contributed by atoms with E-state index in [0.29, 0.717) is 6.04 Å². The van der Waals surface area contributed by atoms with Crippen molar-refractivity contribution in [2.24, 2.45) is 7.05 Å². The van der Waals surface area contributed by atoms with Crippen LogP contribution >= 0.6 is 15.9 Å². The topological polar surface area (TPSA) is 29.9 Å². The molecular weight excluding hydrogens is 314 g/mol. The van der Waals surface area contributed by atoms with E-state index in [1.54, 1.807) is 0 Å². The van der Waals surface area contributed by atoms with E-state index >= 15 is 0 Å². The molecule has 2 aromatic rings. The summed E-state index contributed by atoms with van der Waals surface area (Å²) in [6.45, 7) is 3.16. The molecule has 1 atom stereocenters. The Kier molecular flexibility index (Phi) is 5.80. The standard InChI is InChI=1S/C16H22BrN3/c1-3-18-15(8-9-16-19-10-11-20(16)2)12-13-4-6-14(17)7-5-13/h4-7,10-11,15,18H,3,8-9,12H2,1-2H3.